The van der Waals surface area contributed by atoms with Gasteiger partial charge in [0.2, 0.25) is 0 Å². The van der Waals surface area contributed by atoms with Crippen LogP contribution in [0.1, 0.15) is 40.0 Å². The van der Waals surface area contributed by atoms with E-state index < -0.39 is 0 Å². The third-order valence-corrected chi connectivity index (χ3v) is 2.67. The predicted octanol–water partition coefficient (Wildman–Crippen LogP) is 2.37. The molecule has 0 saturated heterocycles. The van der Waals surface area contributed by atoms with Crippen LogP contribution in [-0.2, 0) is 9.53 Å². The highest BCUT2D eigenvalue weighted by molar-refractivity contribution is 5.66. The molecule has 0 heterocycles. The largest absolute Gasteiger partial charge is 0.462 e. The van der Waals surface area contributed by atoms with E-state index in [2.05, 4.69) is 13.8 Å². The van der Waals surface area contributed by atoms with E-state index in [9.17, 15) is 4.79 Å². The third kappa shape index (κ3) is 2.50. The van der Waals surface area contributed by atoms with Crippen molar-refractivity contribution in [1.29, 1.82) is 0 Å². The zero-order chi connectivity index (χ0) is 9.14. The van der Waals surface area contributed by atoms with Crippen LogP contribution in [0.15, 0.2) is 0 Å². The zero-order valence-corrected chi connectivity index (χ0v) is 8.17. The number of esters is 1. The topological polar surface area (TPSA) is 26.3 Å². The van der Waals surface area contributed by atoms with E-state index in [1.807, 2.05) is 0 Å². The first-order valence-corrected chi connectivity index (χ1v) is 4.76. The Morgan fingerprint density at radius 1 is 1.33 bits per heavy atom. The lowest BCUT2D eigenvalue weighted by Gasteiger charge is -2.31. The van der Waals surface area contributed by atoms with Crippen molar-refractivity contribution in [2.45, 2.75) is 46.1 Å². The van der Waals surface area contributed by atoms with Crippen molar-refractivity contribution >= 4 is 5.97 Å². The van der Waals surface area contributed by atoms with Crippen LogP contribution in [-0.4, -0.2) is 12.1 Å². The average Bonchev–Trinajstić information content (AvgIpc) is 1.94. The van der Waals surface area contributed by atoms with Gasteiger partial charge in [0.05, 0.1) is 0 Å². The van der Waals surface area contributed by atoms with E-state index >= 15 is 0 Å². The molecule has 1 fully saturated rings. The Bertz CT molecular complexity index is 165. The number of ether oxygens (including phenoxy) is 1. The summed E-state index contributed by atoms with van der Waals surface area (Å²) in [5.74, 6) is 1.20. The van der Waals surface area contributed by atoms with Gasteiger partial charge in [0.1, 0.15) is 6.10 Å². The van der Waals surface area contributed by atoms with Gasteiger partial charge >= 0.3 is 5.97 Å². The summed E-state index contributed by atoms with van der Waals surface area (Å²) in [6, 6.07) is 0. The lowest BCUT2D eigenvalue weighted by atomic mass is 9.81. The summed E-state index contributed by atoms with van der Waals surface area (Å²) in [5.41, 5.74) is 0. The van der Waals surface area contributed by atoms with Crippen LogP contribution in [0.3, 0.4) is 0 Å². The highest BCUT2D eigenvalue weighted by atomic mass is 16.5. The lowest BCUT2D eigenvalue weighted by molar-refractivity contribution is -0.151. The molecule has 12 heavy (non-hydrogen) atoms. The standard InChI is InChI=1S/C10H18O2/c1-7-4-5-10(8(2)6-7)12-9(3)11/h7-8,10H,4-6H2,1-3H3. The van der Waals surface area contributed by atoms with Gasteiger partial charge in [-0.1, -0.05) is 13.8 Å². The Balaban J connectivity index is 2.39. The van der Waals surface area contributed by atoms with E-state index in [0.717, 1.165) is 12.3 Å². The second-order valence-electron chi connectivity index (χ2n) is 4.04. The molecule has 0 aromatic carbocycles. The maximum atomic E-state index is 10.7. The van der Waals surface area contributed by atoms with Gasteiger partial charge in [0, 0.05) is 6.92 Å². The number of rotatable bonds is 1. The molecule has 0 aromatic rings. The maximum absolute atomic E-state index is 10.7. The lowest BCUT2D eigenvalue weighted by Crippen LogP contribution is -2.30. The van der Waals surface area contributed by atoms with Crippen molar-refractivity contribution in [3.8, 4) is 0 Å². The van der Waals surface area contributed by atoms with Gasteiger partial charge in [-0.05, 0) is 31.1 Å². The van der Waals surface area contributed by atoms with Crippen molar-refractivity contribution in [2.75, 3.05) is 0 Å². The molecular weight excluding hydrogens is 152 g/mol. The molecule has 0 N–H and O–H groups in total. The van der Waals surface area contributed by atoms with Crippen molar-refractivity contribution < 1.29 is 9.53 Å². The summed E-state index contributed by atoms with van der Waals surface area (Å²) >= 11 is 0. The first kappa shape index (κ1) is 9.56. The molecule has 0 aliphatic heterocycles. The fourth-order valence-corrected chi connectivity index (χ4v) is 2.03. The van der Waals surface area contributed by atoms with Crippen molar-refractivity contribution in [2.24, 2.45) is 11.8 Å². The minimum Gasteiger partial charge on any atom is -0.462 e. The molecule has 0 aromatic heterocycles. The molecule has 0 bridgehead atoms. The molecular formula is C10H18O2. The molecule has 0 radical (unpaired) electrons. The molecule has 2 heteroatoms. The van der Waals surface area contributed by atoms with Gasteiger partial charge in [-0.2, -0.15) is 0 Å². The molecule has 1 aliphatic carbocycles. The summed E-state index contributed by atoms with van der Waals surface area (Å²) in [4.78, 5) is 10.7. The molecule has 3 atom stereocenters. The maximum Gasteiger partial charge on any atom is 0.302 e. The fraction of sp³-hybridized carbons (Fsp3) is 0.900. The van der Waals surface area contributed by atoms with Gasteiger partial charge in [0.15, 0.2) is 0 Å². The monoisotopic (exact) mass is 170 g/mol. The molecule has 1 rings (SSSR count). The van der Waals surface area contributed by atoms with E-state index in [0.29, 0.717) is 5.92 Å². The summed E-state index contributed by atoms with van der Waals surface area (Å²) in [7, 11) is 0. The van der Waals surface area contributed by atoms with E-state index in [-0.39, 0.29) is 12.1 Å². The van der Waals surface area contributed by atoms with Crippen molar-refractivity contribution in [3.63, 3.8) is 0 Å². The minimum atomic E-state index is -0.138. The average molecular weight is 170 g/mol. The SMILES string of the molecule is CC(=O)OC1CCC(C)CC1C. The molecule has 3 unspecified atom stereocenters. The number of carbonyl (C=O) groups excluding carboxylic acids is 1. The predicted molar refractivity (Wildman–Crippen MR) is 47.7 cm³/mol. The molecule has 70 valence electrons. The highest BCUT2D eigenvalue weighted by Gasteiger charge is 2.27. The Morgan fingerprint density at radius 2 is 2.00 bits per heavy atom. The van der Waals surface area contributed by atoms with Crippen molar-refractivity contribution in [1.82, 2.24) is 0 Å². The van der Waals surface area contributed by atoms with Crippen LogP contribution in [0.2, 0.25) is 0 Å². The van der Waals surface area contributed by atoms with Gasteiger partial charge in [-0.3, -0.25) is 4.79 Å². The third-order valence-electron chi connectivity index (χ3n) is 2.67. The first-order chi connectivity index (χ1) is 5.59. The normalized spacial score (nSPS) is 36.1. The Labute approximate surface area is 74.3 Å². The van der Waals surface area contributed by atoms with Gasteiger partial charge in [0.25, 0.3) is 0 Å². The van der Waals surface area contributed by atoms with Gasteiger partial charge in [-0.15, -0.1) is 0 Å². The van der Waals surface area contributed by atoms with Crippen LogP contribution in [0.5, 0.6) is 0 Å². The van der Waals surface area contributed by atoms with Crippen LogP contribution >= 0.6 is 0 Å². The smallest absolute Gasteiger partial charge is 0.302 e. The summed E-state index contributed by atoms with van der Waals surface area (Å²) in [5, 5.41) is 0. The minimum absolute atomic E-state index is 0.138. The van der Waals surface area contributed by atoms with Crippen molar-refractivity contribution in [3.05, 3.63) is 0 Å². The van der Waals surface area contributed by atoms with Crippen LogP contribution in [0, 0.1) is 11.8 Å². The van der Waals surface area contributed by atoms with Crippen LogP contribution in [0.4, 0.5) is 0 Å². The highest BCUT2D eigenvalue weighted by Crippen LogP contribution is 2.30. The summed E-state index contributed by atoms with van der Waals surface area (Å²) in [6.07, 6.45) is 3.61. The quantitative estimate of drug-likeness (QED) is 0.565. The molecule has 2 nitrogen and oxygen atoms in total. The zero-order valence-electron chi connectivity index (χ0n) is 8.17. The second kappa shape index (κ2) is 3.92. The van der Waals surface area contributed by atoms with Gasteiger partial charge in [-0.25, -0.2) is 0 Å². The summed E-state index contributed by atoms with van der Waals surface area (Å²) < 4.78 is 5.21. The fourth-order valence-electron chi connectivity index (χ4n) is 2.03. The molecule has 1 aliphatic rings. The van der Waals surface area contributed by atoms with Gasteiger partial charge < -0.3 is 4.74 Å². The number of carbonyl (C=O) groups is 1. The molecule has 0 amide bonds. The number of hydrogen-bond donors (Lipinski definition) is 0. The first-order valence-electron chi connectivity index (χ1n) is 4.76. The van der Waals surface area contributed by atoms with E-state index in [1.165, 1.54) is 19.8 Å². The van der Waals surface area contributed by atoms with Crippen LogP contribution in [0.25, 0.3) is 0 Å². The Hall–Kier alpha value is -0.530. The van der Waals surface area contributed by atoms with E-state index in [4.69, 9.17) is 4.74 Å². The second-order valence-corrected chi connectivity index (χ2v) is 4.04. The van der Waals surface area contributed by atoms with Crippen LogP contribution < -0.4 is 0 Å². The van der Waals surface area contributed by atoms with E-state index in [1.54, 1.807) is 0 Å². The Kier molecular flexibility index (Phi) is 3.12. The number of hydrogen-bond acceptors (Lipinski definition) is 2. The summed E-state index contributed by atoms with van der Waals surface area (Å²) in [6.45, 7) is 5.93. The Morgan fingerprint density at radius 3 is 2.50 bits per heavy atom. The molecule has 0 spiro atoms. The molecule has 1 saturated carbocycles.